The first-order chi connectivity index (χ1) is 9.68. The van der Waals surface area contributed by atoms with Gasteiger partial charge in [0.15, 0.2) is 20.0 Å². The zero-order chi connectivity index (χ0) is 15.8. The van der Waals surface area contributed by atoms with Crippen LogP contribution in [0.1, 0.15) is 15.9 Å². The summed E-state index contributed by atoms with van der Waals surface area (Å²) in [6, 6.07) is 3.56. The van der Waals surface area contributed by atoms with Crippen molar-refractivity contribution in [3.05, 3.63) is 37.6 Å². The molecule has 2 aromatic rings. The molecule has 0 unspecified atom stereocenters. The van der Waals surface area contributed by atoms with Gasteiger partial charge in [0, 0.05) is 20.6 Å². The summed E-state index contributed by atoms with van der Waals surface area (Å²) in [5, 5.41) is 4.19. The van der Waals surface area contributed by atoms with E-state index in [-0.39, 0.29) is 16.1 Å². The standard InChI is InChI=1S/C12H10Br2N2O3S2/c1-6-3-7(13)4-8(10(6)14)11(17)16-12-15-9(5-20-12)21(2,18)19/h3-5H,1-2H3,(H,15,16,17). The Hall–Kier alpha value is -0.770. The van der Waals surface area contributed by atoms with E-state index in [2.05, 4.69) is 42.2 Å². The number of carbonyl (C=O) groups is 1. The van der Waals surface area contributed by atoms with Gasteiger partial charge in [-0.05, 0) is 40.5 Å². The number of nitrogens with zero attached hydrogens (tertiary/aromatic N) is 1. The summed E-state index contributed by atoms with van der Waals surface area (Å²) in [7, 11) is -3.37. The smallest absolute Gasteiger partial charge is 0.258 e. The highest BCUT2D eigenvalue weighted by Crippen LogP contribution is 2.27. The van der Waals surface area contributed by atoms with Gasteiger partial charge in [-0.25, -0.2) is 13.4 Å². The number of rotatable bonds is 3. The molecule has 0 aliphatic rings. The van der Waals surface area contributed by atoms with Crippen molar-refractivity contribution in [2.24, 2.45) is 0 Å². The molecule has 1 N–H and O–H groups in total. The molecule has 0 radical (unpaired) electrons. The molecule has 0 saturated heterocycles. The van der Waals surface area contributed by atoms with Crippen molar-refractivity contribution in [3.63, 3.8) is 0 Å². The third-order valence-corrected chi connectivity index (χ3v) is 5.93. The largest absolute Gasteiger partial charge is 0.298 e. The van der Waals surface area contributed by atoms with Gasteiger partial charge in [-0.3, -0.25) is 10.1 Å². The van der Waals surface area contributed by atoms with Crippen LogP contribution < -0.4 is 5.32 Å². The zero-order valence-electron chi connectivity index (χ0n) is 11.0. The van der Waals surface area contributed by atoms with Gasteiger partial charge in [-0.2, -0.15) is 0 Å². The summed E-state index contributed by atoms with van der Waals surface area (Å²) in [5.74, 6) is -0.360. The van der Waals surface area contributed by atoms with Crippen LogP contribution in [0.5, 0.6) is 0 Å². The summed E-state index contributed by atoms with van der Waals surface area (Å²) in [6.45, 7) is 1.87. The van der Waals surface area contributed by atoms with Crippen molar-refractivity contribution in [2.75, 3.05) is 11.6 Å². The maximum atomic E-state index is 12.3. The molecule has 1 aromatic heterocycles. The Labute approximate surface area is 143 Å². The average molecular weight is 454 g/mol. The van der Waals surface area contributed by atoms with Crippen LogP contribution in [0, 0.1) is 6.92 Å². The number of halogens is 2. The minimum absolute atomic E-state index is 0.0488. The maximum absolute atomic E-state index is 12.3. The van der Waals surface area contributed by atoms with Crippen molar-refractivity contribution in [3.8, 4) is 0 Å². The normalized spacial score (nSPS) is 11.4. The predicted octanol–water partition coefficient (Wildman–Crippen LogP) is 3.63. The first kappa shape index (κ1) is 16.6. The molecule has 0 atom stereocenters. The van der Waals surface area contributed by atoms with Crippen LogP contribution in [0.3, 0.4) is 0 Å². The lowest BCUT2D eigenvalue weighted by atomic mass is 10.1. The van der Waals surface area contributed by atoms with Crippen LogP contribution in [0.25, 0.3) is 0 Å². The quantitative estimate of drug-likeness (QED) is 0.769. The number of hydrogen-bond donors (Lipinski definition) is 1. The van der Waals surface area contributed by atoms with Crippen molar-refractivity contribution >= 4 is 64.1 Å². The van der Waals surface area contributed by atoms with E-state index in [0.29, 0.717) is 10.0 Å². The monoisotopic (exact) mass is 452 g/mol. The molecule has 1 amide bonds. The van der Waals surface area contributed by atoms with E-state index >= 15 is 0 Å². The lowest BCUT2D eigenvalue weighted by molar-refractivity contribution is 0.102. The number of sulfone groups is 1. The van der Waals surface area contributed by atoms with Crippen LogP contribution in [-0.2, 0) is 9.84 Å². The van der Waals surface area contributed by atoms with Crippen molar-refractivity contribution in [1.29, 1.82) is 0 Å². The lowest BCUT2D eigenvalue weighted by Crippen LogP contribution is -2.13. The van der Waals surface area contributed by atoms with Gasteiger partial charge < -0.3 is 0 Å². The van der Waals surface area contributed by atoms with Crippen molar-refractivity contribution < 1.29 is 13.2 Å². The molecular weight excluding hydrogens is 444 g/mol. The van der Waals surface area contributed by atoms with Gasteiger partial charge in [-0.1, -0.05) is 15.9 Å². The number of amides is 1. The predicted molar refractivity (Wildman–Crippen MR) is 89.8 cm³/mol. The molecule has 0 saturated carbocycles. The molecule has 0 fully saturated rings. The van der Waals surface area contributed by atoms with E-state index in [1.807, 2.05) is 13.0 Å². The molecule has 9 heteroatoms. The SMILES string of the molecule is Cc1cc(Br)cc(C(=O)Nc2nc(S(C)(=O)=O)cs2)c1Br. The number of aromatic nitrogens is 1. The number of hydrogen-bond acceptors (Lipinski definition) is 5. The van der Waals surface area contributed by atoms with Crippen LogP contribution in [0.15, 0.2) is 31.5 Å². The average Bonchev–Trinajstić information content (AvgIpc) is 2.82. The summed E-state index contributed by atoms with van der Waals surface area (Å²) in [5.41, 5.74) is 1.35. The first-order valence-corrected chi connectivity index (χ1v) is 9.97. The number of carbonyl (C=O) groups excluding carboxylic acids is 1. The van der Waals surface area contributed by atoms with E-state index in [9.17, 15) is 13.2 Å². The number of benzene rings is 1. The zero-order valence-corrected chi connectivity index (χ0v) is 15.8. The van der Waals surface area contributed by atoms with Gasteiger partial charge in [-0.15, -0.1) is 11.3 Å². The molecule has 21 heavy (non-hydrogen) atoms. The Morgan fingerprint density at radius 1 is 1.33 bits per heavy atom. The Kier molecular flexibility index (Phi) is 4.86. The maximum Gasteiger partial charge on any atom is 0.258 e. The lowest BCUT2D eigenvalue weighted by Gasteiger charge is -2.07. The number of aryl methyl sites for hydroxylation is 1. The Bertz CT molecular complexity index is 816. The number of nitrogens with one attached hydrogen (secondary N) is 1. The fourth-order valence-corrected chi connectivity index (χ4v) is 4.25. The summed E-state index contributed by atoms with van der Waals surface area (Å²) in [6.07, 6.45) is 1.07. The topological polar surface area (TPSA) is 76.1 Å². The van der Waals surface area contributed by atoms with Crippen LogP contribution >= 0.6 is 43.2 Å². The molecule has 5 nitrogen and oxygen atoms in total. The van der Waals surface area contributed by atoms with Crippen molar-refractivity contribution in [2.45, 2.75) is 11.9 Å². The van der Waals surface area contributed by atoms with Gasteiger partial charge >= 0.3 is 0 Å². The highest BCUT2D eigenvalue weighted by Gasteiger charge is 2.17. The van der Waals surface area contributed by atoms with Crippen molar-refractivity contribution in [1.82, 2.24) is 4.98 Å². The second kappa shape index (κ2) is 6.15. The van der Waals surface area contributed by atoms with Crippen LogP contribution in [-0.4, -0.2) is 25.6 Å². The molecule has 0 spiro atoms. The molecule has 112 valence electrons. The Balaban J connectivity index is 2.29. The molecule has 2 rings (SSSR count). The molecule has 1 heterocycles. The van der Waals surface area contributed by atoms with Gasteiger partial charge in [0.2, 0.25) is 0 Å². The van der Waals surface area contributed by atoms with Gasteiger partial charge in [0.25, 0.3) is 5.91 Å². The second-order valence-electron chi connectivity index (χ2n) is 4.30. The van der Waals surface area contributed by atoms with Crippen LogP contribution in [0.2, 0.25) is 0 Å². The first-order valence-electron chi connectivity index (χ1n) is 5.61. The van der Waals surface area contributed by atoms with Crippen LogP contribution in [0.4, 0.5) is 5.13 Å². The highest BCUT2D eigenvalue weighted by molar-refractivity contribution is 9.11. The molecule has 1 aromatic carbocycles. The fraction of sp³-hybridized carbons (Fsp3) is 0.167. The van der Waals surface area contributed by atoms with E-state index < -0.39 is 9.84 Å². The third-order valence-electron chi connectivity index (χ3n) is 2.55. The number of anilines is 1. The fourth-order valence-electron chi connectivity index (χ4n) is 1.54. The summed E-state index contributed by atoms with van der Waals surface area (Å²) >= 11 is 7.77. The highest BCUT2D eigenvalue weighted by atomic mass is 79.9. The summed E-state index contributed by atoms with van der Waals surface area (Å²) in [4.78, 5) is 16.1. The minimum Gasteiger partial charge on any atom is -0.298 e. The van der Waals surface area contributed by atoms with Gasteiger partial charge in [0.1, 0.15) is 0 Å². The number of thiazole rings is 1. The van der Waals surface area contributed by atoms with E-state index in [1.54, 1.807) is 6.07 Å². The Morgan fingerprint density at radius 2 is 2.00 bits per heavy atom. The summed E-state index contributed by atoms with van der Waals surface area (Å²) < 4.78 is 24.2. The van der Waals surface area contributed by atoms with E-state index in [4.69, 9.17) is 0 Å². The van der Waals surface area contributed by atoms with E-state index in [0.717, 1.165) is 27.6 Å². The van der Waals surface area contributed by atoms with E-state index in [1.165, 1.54) is 5.38 Å². The molecule has 0 aliphatic heterocycles. The Morgan fingerprint density at radius 3 is 2.57 bits per heavy atom. The molecule has 0 aliphatic carbocycles. The molecular formula is C12H10Br2N2O3S2. The molecule has 0 bridgehead atoms. The van der Waals surface area contributed by atoms with Gasteiger partial charge in [0.05, 0.1) is 5.56 Å². The third kappa shape index (κ3) is 3.91. The minimum atomic E-state index is -3.37. The second-order valence-corrected chi connectivity index (χ2v) is 8.83.